The lowest BCUT2D eigenvalue weighted by Crippen LogP contribution is -2.34. The molecule has 1 unspecified atom stereocenters. The number of allylic oxidation sites excluding steroid dienone is 2. The van der Waals surface area contributed by atoms with Crippen LogP contribution in [0.1, 0.15) is 46.5 Å². The fourth-order valence-electron chi connectivity index (χ4n) is 3.80. The van der Waals surface area contributed by atoms with Gasteiger partial charge in [-0.3, -0.25) is 0 Å². The first-order valence-electron chi connectivity index (χ1n) is 6.48. The van der Waals surface area contributed by atoms with E-state index in [1.165, 1.54) is 30.4 Å². The van der Waals surface area contributed by atoms with Gasteiger partial charge < -0.3 is 5.11 Å². The molecule has 1 nitrogen and oxygen atoms in total. The summed E-state index contributed by atoms with van der Waals surface area (Å²) < 4.78 is 0. The van der Waals surface area contributed by atoms with Gasteiger partial charge in [-0.1, -0.05) is 30.7 Å². The molecule has 0 aliphatic heterocycles. The highest BCUT2D eigenvalue weighted by Crippen LogP contribution is 2.56. The zero-order chi connectivity index (χ0) is 11.9. The monoisotopic (exact) mass is 220 g/mol. The van der Waals surface area contributed by atoms with Gasteiger partial charge in [0.15, 0.2) is 0 Å². The second kappa shape index (κ2) is 4.03. The summed E-state index contributed by atoms with van der Waals surface area (Å²) in [5.74, 6) is 1.30. The van der Waals surface area contributed by atoms with Gasteiger partial charge in [0.25, 0.3) is 0 Å². The Morgan fingerprint density at radius 1 is 1.56 bits per heavy atom. The van der Waals surface area contributed by atoms with Crippen molar-refractivity contribution in [1.82, 2.24) is 0 Å². The lowest BCUT2D eigenvalue weighted by Gasteiger charge is -2.42. The Morgan fingerprint density at radius 3 is 2.75 bits per heavy atom. The topological polar surface area (TPSA) is 20.2 Å². The van der Waals surface area contributed by atoms with Gasteiger partial charge in [-0.05, 0) is 56.8 Å². The van der Waals surface area contributed by atoms with Gasteiger partial charge in [-0.25, -0.2) is 0 Å². The molecule has 0 radical (unpaired) electrons. The molecule has 0 aromatic heterocycles. The van der Waals surface area contributed by atoms with Crippen LogP contribution in [0.2, 0.25) is 0 Å². The van der Waals surface area contributed by atoms with Crippen LogP contribution in [0.4, 0.5) is 0 Å². The Balaban J connectivity index is 2.25. The van der Waals surface area contributed by atoms with Gasteiger partial charge in [0.05, 0.1) is 6.10 Å². The van der Waals surface area contributed by atoms with Crippen LogP contribution in [-0.2, 0) is 0 Å². The molecule has 1 heteroatoms. The molecule has 1 saturated carbocycles. The summed E-state index contributed by atoms with van der Waals surface area (Å²) in [6.45, 7) is 10.8. The van der Waals surface area contributed by atoms with Crippen molar-refractivity contribution >= 4 is 0 Å². The molecular weight excluding hydrogens is 196 g/mol. The Hall–Kier alpha value is -0.560. The quantitative estimate of drug-likeness (QED) is 0.668. The largest absolute Gasteiger partial charge is 0.389 e. The molecule has 1 spiro atoms. The highest BCUT2D eigenvalue weighted by atomic mass is 16.3. The highest BCUT2D eigenvalue weighted by Gasteiger charge is 2.46. The van der Waals surface area contributed by atoms with Crippen molar-refractivity contribution in [3.63, 3.8) is 0 Å². The first-order valence-corrected chi connectivity index (χ1v) is 6.48. The first-order chi connectivity index (χ1) is 7.45. The molecule has 2 rings (SSSR count). The molecule has 0 heterocycles. The minimum Gasteiger partial charge on any atom is -0.389 e. The van der Waals surface area contributed by atoms with Gasteiger partial charge >= 0.3 is 0 Å². The van der Waals surface area contributed by atoms with Crippen molar-refractivity contribution in [2.75, 3.05) is 0 Å². The van der Waals surface area contributed by atoms with Gasteiger partial charge in [0.2, 0.25) is 0 Å². The number of aliphatic hydroxyl groups excluding tert-OH is 1. The fraction of sp³-hybridized carbons (Fsp3) is 0.733. The van der Waals surface area contributed by atoms with E-state index in [4.69, 9.17) is 0 Å². The molecular formula is C15H24O. The minimum absolute atomic E-state index is 0.218. The van der Waals surface area contributed by atoms with Gasteiger partial charge in [0.1, 0.15) is 0 Å². The molecule has 2 aliphatic rings. The van der Waals surface area contributed by atoms with Crippen molar-refractivity contribution in [1.29, 1.82) is 0 Å². The molecule has 16 heavy (non-hydrogen) atoms. The van der Waals surface area contributed by atoms with Gasteiger partial charge in [0, 0.05) is 0 Å². The second-order valence-electron chi connectivity index (χ2n) is 6.00. The summed E-state index contributed by atoms with van der Waals surface area (Å²) in [6.07, 6.45) is 6.60. The molecule has 0 aromatic carbocycles. The van der Waals surface area contributed by atoms with E-state index in [1.54, 1.807) is 0 Å². The Morgan fingerprint density at radius 2 is 2.25 bits per heavy atom. The zero-order valence-corrected chi connectivity index (χ0v) is 10.8. The fourth-order valence-corrected chi connectivity index (χ4v) is 3.80. The van der Waals surface area contributed by atoms with E-state index in [-0.39, 0.29) is 6.10 Å². The maximum absolute atomic E-state index is 9.77. The van der Waals surface area contributed by atoms with Crippen LogP contribution in [0, 0.1) is 17.3 Å². The van der Waals surface area contributed by atoms with E-state index in [2.05, 4.69) is 33.4 Å². The normalized spacial score (nSPS) is 43.5. The summed E-state index contributed by atoms with van der Waals surface area (Å²) >= 11 is 0. The molecule has 1 fully saturated rings. The first kappa shape index (κ1) is 11.9. The van der Waals surface area contributed by atoms with Crippen LogP contribution in [-0.4, -0.2) is 11.2 Å². The Labute approximate surface area is 99.3 Å². The van der Waals surface area contributed by atoms with Crippen LogP contribution in [0.3, 0.4) is 0 Å². The van der Waals surface area contributed by atoms with E-state index in [1.807, 2.05) is 0 Å². The Bertz CT molecular complexity index is 328. The average Bonchev–Trinajstić information content (AvgIpc) is 2.60. The molecule has 90 valence electrons. The third-order valence-corrected chi connectivity index (χ3v) is 5.01. The summed E-state index contributed by atoms with van der Waals surface area (Å²) in [5, 5.41) is 9.77. The number of aliphatic hydroxyl groups is 1. The molecule has 0 saturated heterocycles. The molecule has 2 aliphatic carbocycles. The van der Waals surface area contributed by atoms with Gasteiger partial charge in [-0.2, -0.15) is 0 Å². The van der Waals surface area contributed by atoms with Crippen molar-refractivity contribution in [3.05, 3.63) is 23.8 Å². The molecule has 4 atom stereocenters. The van der Waals surface area contributed by atoms with Gasteiger partial charge in [-0.15, -0.1) is 0 Å². The van der Waals surface area contributed by atoms with Crippen molar-refractivity contribution in [2.24, 2.45) is 17.3 Å². The molecule has 0 bridgehead atoms. The van der Waals surface area contributed by atoms with Crippen LogP contribution < -0.4 is 0 Å². The zero-order valence-electron chi connectivity index (χ0n) is 10.8. The predicted molar refractivity (Wildman–Crippen MR) is 68.1 cm³/mol. The number of hydrogen-bond donors (Lipinski definition) is 1. The van der Waals surface area contributed by atoms with E-state index in [0.717, 1.165) is 6.42 Å². The smallest absolute Gasteiger partial charge is 0.0726 e. The minimum atomic E-state index is -0.218. The van der Waals surface area contributed by atoms with E-state index < -0.39 is 0 Å². The molecule has 0 aromatic rings. The van der Waals surface area contributed by atoms with E-state index in [0.29, 0.717) is 17.3 Å². The summed E-state index contributed by atoms with van der Waals surface area (Å²) in [7, 11) is 0. The van der Waals surface area contributed by atoms with Crippen molar-refractivity contribution in [3.8, 4) is 0 Å². The summed E-state index contributed by atoms with van der Waals surface area (Å²) in [5.41, 5.74) is 3.12. The summed E-state index contributed by atoms with van der Waals surface area (Å²) in [4.78, 5) is 0. The lowest BCUT2D eigenvalue weighted by atomic mass is 9.64. The van der Waals surface area contributed by atoms with E-state index >= 15 is 0 Å². The summed E-state index contributed by atoms with van der Waals surface area (Å²) in [6, 6.07) is 0. The lowest BCUT2D eigenvalue weighted by molar-refractivity contribution is 0.111. The maximum atomic E-state index is 9.77. The van der Waals surface area contributed by atoms with Crippen LogP contribution in [0.25, 0.3) is 0 Å². The standard InChI is InChI=1S/C15H24O/c1-10(2)13-5-6-15(9-13)11(3)7-14(16)8-12(15)4/h7,12-14,16H,1,5-6,8-9H2,2-4H3/t12-,13-,14?,15-/m1/s1. The maximum Gasteiger partial charge on any atom is 0.0726 e. The Kier molecular flexibility index (Phi) is 3.00. The van der Waals surface area contributed by atoms with Crippen LogP contribution in [0.5, 0.6) is 0 Å². The average molecular weight is 220 g/mol. The highest BCUT2D eigenvalue weighted by molar-refractivity contribution is 5.23. The third-order valence-electron chi connectivity index (χ3n) is 5.01. The molecule has 1 N–H and O–H groups in total. The van der Waals surface area contributed by atoms with Crippen LogP contribution >= 0.6 is 0 Å². The SMILES string of the molecule is C=C(C)[C@@H]1CC[C@@]2(C1)C(C)=CC(O)C[C@H]2C. The predicted octanol–water partition coefficient (Wildman–Crippen LogP) is 3.70. The van der Waals surface area contributed by atoms with E-state index in [9.17, 15) is 5.11 Å². The van der Waals surface area contributed by atoms with Crippen molar-refractivity contribution < 1.29 is 5.11 Å². The van der Waals surface area contributed by atoms with Crippen LogP contribution in [0.15, 0.2) is 23.8 Å². The third kappa shape index (κ3) is 1.75. The number of hydrogen-bond acceptors (Lipinski definition) is 1. The number of rotatable bonds is 1. The molecule has 0 amide bonds. The second-order valence-corrected chi connectivity index (χ2v) is 6.00. The van der Waals surface area contributed by atoms with Crippen molar-refractivity contribution in [2.45, 2.75) is 52.6 Å².